The maximum atomic E-state index is 12.3. The molecule has 0 aliphatic carbocycles. The maximum absolute atomic E-state index is 12.3. The van der Waals surface area contributed by atoms with Gasteiger partial charge in [-0.25, -0.2) is 0 Å². The van der Waals surface area contributed by atoms with E-state index in [4.69, 9.17) is 5.11 Å². The molecule has 4 nitrogen and oxygen atoms in total. The minimum absolute atomic E-state index is 0.0142. The summed E-state index contributed by atoms with van der Waals surface area (Å²) < 4.78 is 0.994. The van der Waals surface area contributed by atoms with Crippen LogP contribution in [0.15, 0.2) is 28.7 Å². The molecule has 2 N–H and O–H groups in total. The summed E-state index contributed by atoms with van der Waals surface area (Å²) in [5, 5.41) is 11.5. The van der Waals surface area contributed by atoms with Crippen molar-refractivity contribution < 1.29 is 14.7 Å². The van der Waals surface area contributed by atoms with Crippen LogP contribution < -0.4 is 5.32 Å². The van der Waals surface area contributed by atoms with Crippen molar-refractivity contribution in [3.05, 3.63) is 34.3 Å². The first-order valence-electron chi connectivity index (χ1n) is 7.60. The molecular formula is C17H24BrNO3. The van der Waals surface area contributed by atoms with Gasteiger partial charge >= 0.3 is 5.97 Å². The number of aliphatic carboxylic acids is 1. The summed E-state index contributed by atoms with van der Waals surface area (Å²) in [6, 6.07) is 7.78. The average molecular weight is 370 g/mol. The van der Waals surface area contributed by atoms with Gasteiger partial charge in [0.15, 0.2) is 0 Å². The zero-order chi connectivity index (χ0) is 16.6. The number of carboxylic acid groups (broad SMARTS) is 1. The van der Waals surface area contributed by atoms with Gasteiger partial charge in [0.05, 0.1) is 5.41 Å². The lowest BCUT2D eigenvalue weighted by Crippen LogP contribution is -2.40. The Hall–Kier alpha value is -1.36. The van der Waals surface area contributed by atoms with Crippen molar-refractivity contribution in [2.75, 3.05) is 6.54 Å². The van der Waals surface area contributed by atoms with E-state index in [0.717, 1.165) is 29.3 Å². The van der Waals surface area contributed by atoms with E-state index >= 15 is 0 Å². The highest BCUT2D eigenvalue weighted by atomic mass is 79.9. The topological polar surface area (TPSA) is 66.4 Å². The fourth-order valence-corrected chi connectivity index (χ4v) is 2.44. The summed E-state index contributed by atoms with van der Waals surface area (Å²) in [4.78, 5) is 22.7. The molecule has 0 spiro atoms. The van der Waals surface area contributed by atoms with Gasteiger partial charge < -0.3 is 10.4 Å². The van der Waals surface area contributed by atoms with Crippen molar-refractivity contribution >= 4 is 27.8 Å². The minimum atomic E-state index is -0.746. The number of amides is 1. The molecule has 0 heterocycles. The molecule has 1 aromatic rings. The maximum Gasteiger partial charge on any atom is 0.303 e. The highest BCUT2D eigenvalue weighted by Gasteiger charge is 2.29. The number of hydrogen-bond donors (Lipinski definition) is 2. The molecule has 0 atom stereocenters. The van der Waals surface area contributed by atoms with Crippen LogP contribution in [0.3, 0.4) is 0 Å². The van der Waals surface area contributed by atoms with Gasteiger partial charge in [0, 0.05) is 17.4 Å². The molecule has 1 aromatic carbocycles. The van der Waals surface area contributed by atoms with E-state index in [1.807, 2.05) is 38.1 Å². The zero-order valence-electron chi connectivity index (χ0n) is 13.2. The van der Waals surface area contributed by atoms with Gasteiger partial charge in [-0.1, -0.05) is 40.9 Å². The number of halogens is 1. The van der Waals surface area contributed by atoms with Crippen LogP contribution >= 0.6 is 15.9 Å². The van der Waals surface area contributed by atoms with E-state index in [1.54, 1.807) is 0 Å². The van der Waals surface area contributed by atoms with E-state index < -0.39 is 11.4 Å². The monoisotopic (exact) mass is 369 g/mol. The second kappa shape index (κ2) is 8.93. The molecule has 0 saturated carbocycles. The second-order valence-electron chi connectivity index (χ2n) is 5.95. The van der Waals surface area contributed by atoms with E-state index in [-0.39, 0.29) is 12.3 Å². The number of carboxylic acids is 1. The predicted molar refractivity (Wildman–Crippen MR) is 90.9 cm³/mol. The van der Waals surface area contributed by atoms with E-state index in [2.05, 4.69) is 21.2 Å². The van der Waals surface area contributed by atoms with Gasteiger partial charge in [-0.2, -0.15) is 0 Å². The highest BCUT2D eigenvalue weighted by molar-refractivity contribution is 9.10. The average Bonchev–Trinajstić information content (AvgIpc) is 2.46. The van der Waals surface area contributed by atoms with Crippen molar-refractivity contribution in [1.82, 2.24) is 5.32 Å². The molecular weight excluding hydrogens is 346 g/mol. The van der Waals surface area contributed by atoms with Crippen LogP contribution in [0.5, 0.6) is 0 Å². The Morgan fingerprint density at radius 3 is 2.27 bits per heavy atom. The second-order valence-corrected chi connectivity index (χ2v) is 6.86. The van der Waals surface area contributed by atoms with Crippen molar-refractivity contribution in [3.8, 4) is 0 Å². The first-order valence-corrected chi connectivity index (χ1v) is 8.39. The van der Waals surface area contributed by atoms with Crippen molar-refractivity contribution in [3.63, 3.8) is 0 Å². The van der Waals surface area contributed by atoms with Gasteiger partial charge in [-0.3, -0.25) is 9.59 Å². The van der Waals surface area contributed by atoms with Crippen molar-refractivity contribution in [2.45, 2.75) is 51.4 Å². The molecule has 5 heteroatoms. The molecule has 0 fully saturated rings. The van der Waals surface area contributed by atoms with Crippen LogP contribution in [0, 0.1) is 0 Å². The zero-order valence-corrected chi connectivity index (χ0v) is 14.8. The molecule has 0 unspecified atom stereocenters. The number of rotatable bonds is 9. The molecule has 0 bridgehead atoms. The Labute approximate surface area is 140 Å². The number of unbranched alkanes of at least 4 members (excludes halogenated alkanes) is 3. The van der Waals surface area contributed by atoms with Gasteiger partial charge in [-0.15, -0.1) is 0 Å². The quantitative estimate of drug-likeness (QED) is 0.649. The summed E-state index contributed by atoms with van der Waals surface area (Å²) in [5.74, 6) is -0.732. The largest absolute Gasteiger partial charge is 0.481 e. The molecule has 0 aliphatic rings. The summed E-state index contributed by atoms with van der Waals surface area (Å²) >= 11 is 3.39. The SMILES string of the molecule is CC(C)(C(=O)NCCCCCCC(=O)O)c1ccc(Br)cc1. The summed E-state index contributed by atoms with van der Waals surface area (Å²) in [5.41, 5.74) is 0.416. The number of nitrogens with one attached hydrogen (secondary N) is 1. The standard InChI is InChI=1S/C17H24BrNO3/c1-17(2,13-8-10-14(18)11-9-13)16(22)19-12-6-4-3-5-7-15(20)21/h8-11H,3-7,12H2,1-2H3,(H,19,22)(H,20,21). The molecule has 0 saturated heterocycles. The fourth-order valence-electron chi connectivity index (χ4n) is 2.18. The summed E-state index contributed by atoms with van der Waals surface area (Å²) in [7, 11) is 0. The van der Waals surface area contributed by atoms with Gasteiger partial charge in [0.25, 0.3) is 0 Å². The third kappa shape index (κ3) is 6.18. The molecule has 0 aliphatic heterocycles. The Bertz CT molecular complexity index is 497. The Balaban J connectivity index is 2.32. The molecule has 1 rings (SSSR count). The highest BCUT2D eigenvalue weighted by Crippen LogP contribution is 2.25. The van der Waals surface area contributed by atoms with E-state index in [0.29, 0.717) is 13.0 Å². The Morgan fingerprint density at radius 2 is 1.68 bits per heavy atom. The molecule has 0 aromatic heterocycles. The first kappa shape index (κ1) is 18.7. The van der Waals surface area contributed by atoms with Crippen LogP contribution in [-0.4, -0.2) is 23.5 Å². The molecule has 22 heavy (non-hydrogen) atoms. The van der Waals surface area contributed by atoms with E-state index in [1.165, 1.54) is 0 Å². The lowest BCUT2D eigenvalue weighted by atomic mass is 9.84. The van der Waals surface area contributed by atoms with Gasteiger partial charge in [0.1, 0.15) is 0 Å². The van der Waals surface area contributed by atoms with Crippen molar-refractivity contribution in [1.29, 1.82) is 0 Å². The Morgan fingerprint density at radius 1 is 1.09 bits per heavy atom. The number of hydrogen-bond acceptors (Lipinski definition) is 2. The third-order valence-corrected chi connectivity index (χ3v) is 4.27. The molecule has 0 radical (unpaired) electrons. The number of benzene rings is 1. The number of carbonyl (C=O) groups is 2. The van der Waals surface area contributed by atoms with Crippen LogP contribution in [0.1, 0.15) is 51.5 Å². The first-order chi connectivity index (χ1) is 10.3. The normalized spacial score (nSPS) is 11.2. The Kier molecular flexibility index (Phi) is 7.59. The lowest BCUT2D eigenvalue weighted by molar-refractivity contribution is -0.137. The smallest absolute Gasteiger partial charge is 0.303 e. The van der Waals surface area contributed by atoms with Gasteiger partial charge in [-0.05, 0) is 44.4 Å². The van der Waals surface area contributed by atoms with Crippen LogP contribution in [0.4, 0.5) is 0 Å². The molecule has 1 amide bonds. The minimum Gasteiger partial charge on any atom is -0.481 e. The lowest BCUT2D eigenvalue weighted by Gasteiger charge is -2.24. The number of carbonyl (C=O) groups excluding carboxylic acids is 1. The summed E-state index contributed by atoms with van der Waals surface area (Å²) in [6.07, 6.45) is 3.63. The van der Waals surface area contributed by atoms with Crippen LogP contribution in [0.25, 0.3) is 0 Å². The van der Waals surface area contributed by atoms with E-state index in [9.17, 15) is 9.59 Å². The van der Waals surface area contributed by atoms with Crippen LogP contribution in [-0.2, 0) is 15.0 Å². The van der Waals surface area contributed by atoms with Crippen LogP contribution in [0.2, 0.25) is 0 Å². The van der Waals surface area contributed by atoms with Crippen molar-refractivity contribution in [2.24, 2.45) is 0 Å². The van der Waals surface area contributed by atoms with Gasteiger partial charge in [0.2, 0.25) is 5.91 Å². The fraction of sp³-hybridized carbons (Fsp3) is 0.529. The summed E-state index contributed by atoms with van der Waals surface area (Å²) in [6.45, 7) is 4.46. The molecule has 122 valence electrons. The predicted octanol–water partition coefficient (Wildman–Crippen LogP) is 3.88. The third-order valence-electron chi connectivity index (χ3n) is 3.74.